The zero-order chi connectivity index (χ0) is 16.1. The van der Waals surface area contributed by atoms with Gasteiger partial charge < -0.3 is 0 Å². The fraction of sp³-hybridized carbons (Fsp3) is 0.250. The molecule has 0 N–H and O–H groups in total. The summed E-state index contributed by atoms with van der Waals surface area (Å²) in [6, 6.07) is 9.94. The lowest BCUT2D eigenvalue weighted by Gasteiger charge is -2.08. The van der Waals surface area contributed by atoms with Crippen molar-refractivity contribution >= 4 is 27.4 Å². The van der Waals surface area contributed by atoms with E-state index in [0.29, 0.717) is 10.2 Å². The molecule has 2 rings (SSSR count). The van der Waals surface area contributed by atoms with Crippen LogP contribution in [0.4, 0.5) is 5.69 Å². The van der Waals surface area contributed by atoms with Crippen molar-refractivity contribution in [2.24, 2.45) is 0 Å². The highest BCUT2D eigenvalue weighted by Crippen LogP contribution is 2.24. The van der Waals surface area contributed by atoms with Crippen molar-refractivity contribution in [3.8, 4) is 0 Å². The van der Waals surface area contributed by atoms with Crippen molar-refractivity contribution in [3.05, 3.63) is 67.9 Å². The molecule has 6 heteroatoms. The molecule has 0 aliphatic heterocycles. The normalized spacial score (nSPS) is 10.5. The first kappa shape index (κ1) is 16.3. The van der Waals surface area contributed by atoms with Crippen LogP contribution in [0.25, 0.3) is 0 Å². The maximum atomic E-state index is 12.7. The van der Waals surface area contributed by atoms with Crippen LogP contribution in [0.2, 0.25) is 0 Å². The van der Waals surface area contributed by atoms with E-state index in [9.17, 15) is 14.9 Å². The number of nitrogens with zero attached hydrogens (tertiary/aromatic N) is 2. The molecular weight excluding hydrogens is 348 g/mol. The molecule has 5 nitrogen and oxygen atoms in total. The standard InChI is InChI=1S/C16H15BrN2O3/c1-2-3-6-11-7-4-5-8-12(11)16(20)15-13(19(21)22)9-10-14(17)18-15/h4-5,7-10H,2-3,6H2,1H3. The Bertz CT molecular complexity index is 716. The Morgan fingerprint density at radius 3 is 2.68 bits per heavy atom. The average Bonchev–Trinajstić information content (AvgIpc) is 2.52. The molecule has 0 spiro atoms. The lowest BCUT2D eigenvalue weighted by molar-refractivity contribution is -0.385. The highest BCUT2D eigenvalue weighted by Gasteiger charge is 2.24. The van der Waals surface area contributed by atoms with Gasteiger partial charge in [0.25, 0.3) is 5.69 Å². The molecule has 0 fully saturated rings. The second kappa shape index (κ2) is 7.26. The molecule has 0 aliphatic carbocycles. The highest BCUT2D eigenvalue weighted by molar-refractivity contribution is 9.10. The molecule has 0 unspecified atom stereocenters. The fourth-order valence-electron chi connectivity index (χ4n) is 2.20. The van der Waals surface area contributed by atoms with Crippen molar-refractivity contribution in [1.29, 1.82) is 0 Å². The van der Waals surface area contributed by atoms with Gasteiger partial charge in [-0.05, 0) is 40.4 Å². The third-order valence-corrected chi connectivity index (χ3v) is 3.76. The van der Waals surface area contributed by atoms with Crippen LogP contribution in [-0.2, 0) is 6.42 Å². The molecule has 22 heavy (non-hydrogen) atoms. The van der Waals surface area contributed by atoms with E-state index in [4.69, 9.17) is 0 Å². The minimum atomic E-state index is -0.582. The summed E-state index contributed by atoms with van der Waals surface area (Å²) in [5, 5.41) is 11.1. The molecule has 0 saturated carbocycles. The Kier molecular flexibility index (Phi) is 5.38. The van der Waals surface area contributed by atoms with Gasteiger partial charge in [-0.1, -0.05) is 37.6 Å². The molecule has 0 saturated heterocycles. The van der Waals surface area contributed by atoms with Gasteiger partial charge in [0, 0.05) is 11.6 Å². The van der Waals surface area contributed by atoms with Gasteiger partial charge in [-0.2, -0.15) is 0 Å². The van der Waals surface area contributed by atoms with Crippen molar-refractivity contribution in [1.82, 2.24) is 4.98 Å². The van der Waals surface area contributed by atoms with Crippen molar-refractivity contribution in [3.63, 3.8) is 0 Å². The summed E-state index contributed by atoms with van der Waals surface area (Å²) in [4.78, 5) is 27.3. The number of carbonyl (C=O) groups excluding carboxylic acids is 1. The number of unbranched alkanes of at least 4 members (excludes halogenated alkanes) is 1. The van der Waals surface area contributed by atoms with Crippen molar-refractivity contribution in [2.45, 2.75) is 26.2 Å². The first-order chi connectivity index (χ1) is 10.5. The number of hydrogen-bond donors (Lipinski definition) is 0. The topological polar surface area (TPSA) is 73.1 Å². The molecule has 0 atom stereocenters. The summed E-state index contributed by atoms with van der Waals surface area (Å²) in [5.74, 6) is -0.417. The lowest BCUT2D eigenvalue weighted by Crippen LogP contribution is -2.10. The van der Waals surface area contributed by atoms with Gasteiger partial charge >= 0.3 is 0 Å². The summed E-state index contributed by atoms with van der Waals surface area (Å²) in [6.07, 6.45) is 2.73. The van der Waals surface area contributed by atoms with E-state index in [2.05, 4.69) is 27.8 Å². The number of aromatic nitrogens is 1. The Hall–Kier alpha value is -2.08. The van der Waals surface area contributed by atoms with Gasteiger partial charge in [0.05, 0.1) is 4.92 Å². The van der Waals surface area contributed by atoms with Crippen LogP contribution in [0, 0.1) is 10.1 Å². The third kappa shape index (κ3) is 3.57. The molecule has 114 valence electrons. The lowest BCUT2D eigenvalue weighted by atomic mass is 9.97. The number of hydrogen-bond acceptors (Lipinski definition) is 4. The number of rotatable bonds is 6. The number of nitro groups is 1. The van der Waals surface area contributed by atoms with Crippen LogP contribution >= 0.6 is 15.9 Å². The summed E-state index contributed by atoms with van der Waals surface area (Å²) < 4.78 is 0.396. The molecule has 0 aliphatic rings. The molecule has 1 aromatic heterocycles. The van der Waals surface area contributed by atoms with E-state index < -0.39 is 10.7 Å². The van der Waals surface area contributed by atoms with Gasteiger partial charge in [-0.25, -0.2) is 4.98 Å². The second-order valence-electron chi connectivity index (χ2n) is 4.85. The van der Waals surface area contributed by atoms with Crippen LogP contribution in [0.5, 0.6) is 0 Å². The minimum Gasteiger partial charge on any atom is -0.287 e. The Balaban J connectivity index is 2.49. The number of ketones is 1. The molecule has 2 aromatic rings. The number of benzene rings is 1. The van der Waals surface area contributed by atoms with E-state index in [0.717, 1.165) is 24.8 Å². The smallest absolute Gasteiger partial charge is 0.287 e. The molecule has 0 radical (unpaired) electrons. The maximum Gasteiger partial charge on any atom is 0.299 e. The molecular formula is C16H15BrN2O3. The minimum absolute atomic E-state index is 0.136. The number of aryl methyl sites for hydroxylation is 1. The number of pyridine rings is 1. The maximum absolute atomic E-state index is 12.7. The van der Waals surface area contributed by atoms with Crippen LogP contribution in [0.15, 0.2) is 41.0 Å². The number of carbonyl (C=O) groups is 1. The highest BCUT2D eigenvalue weighted by atomic mass is 79.9. The van der Waals surface area contributed by atoms with Gasteiger partial charge in [0.2, 0.25) is 5.78 Å². The van der Waals surface area contributed by atoms with Crippen LogP contribution in [0.3, 0.4) is 0 Å². The summed E-state index contributed by atoms with van der Waals surface area (Å²) in [7, 11) is 0. The molecule has 0 amide bonds. The van der Waals surface area contributed by atoms with E-state index in [-0.39, 0.29) is 11.4 Å². The van der Waals surface area contributed by atoms with E-state index in [1.807, 2.05) is 12.1 Å². The van der Waals surface area contributed by atoms with E-state index >= 15 is 0 Å². The van der Waals surface area contributed by atoms with Crippen molar-refractivity contribution in [2.75, 3.05) is 0 Å². The molecule has 1 heterocycles. The quantitative estimate of drug-likeness (QED) is 0.332. The monoisotopic (exact) mass is 362 g/mol. The zero-order valence-corrected chi connectivity index (χ0v) is 13.7. The third-order valence-electron chi connectivity index (χ3n) is 3.31. The van der Waals surface area contributed by atoms with Gasteiger partial charge in [-0.3, -0.25) is 14.9 Å². The van der Waals surface area contributed by atoms with Gasteiger partial charge in [-0.15, -0.1) is 0 Å². The first-order valence-electron chi connectivity index (χ1n) is 6.98. The fourth-order valence-corrected chi connectivity index (χ4v) is 2.51. The van der Waals surface area contributed by atoms with Crippen molar-refractivity contribution < 1.29 is 9.72 Å². The molecule has 0 bridgehead atoms. The zero-order valence-electron chi connectivity index (χ0n) is 12.1. The SMILES string of the molecule is CCCCc1ccccc1C(=O)c1nc(Br)ccc1[N+](=O)[O-]. The van der Waals surface area contributed by atoms with E-state index in [1.165, 1.54) is 12.1 Å². The second-order valence-corrected chi connectivity index (χ2v) is 5.66. The van der Waals surface area contributed by atoms with Gasteiger partial charge in [0.15, 0.2) is 5.69 Å². The van der Waals surface area contributed by atoms with E-state index in [1.54, 1.807) is 12.1 Å². The van der Waals surface area contributed by atoms with Crippen LogP contribution in [-0.4, -0.2) is 15.7 Å². The summed E-state index contributed by atoms with van der Waals surface area (Å²) in [6.45, 7) is 2.07. The molecule has 1 aromatic carbocycles. The van der Waals surface area contributed by atoms with Crippen LogP contribution in [0.1, 0.15) is 41.4 Å². The van der Waals surface area contributed by atoms with Gasteiger partial charge in [0.1, 0.15) is 4.60 Å². The largest absolute Gasteiger partial charge is 0.299 e. The first-order valence-corrected chi connectivity index (χ1v) is 7.77. The number of halogens is 1. The predicted molar refractivity (Wildman–Crippen MR) is 87.1 cm³/mol. The Morgan fingerprint density at radius 1 is 1.27 bits per heavy atom. The Labute approximate surface area is 136 Å². The Morgan fingerprint density at radius 2 is 2.00 bits per heavy atom. The summed E-state index contributed by atoms with van der Waals surface area (Å²) in [5.41, 5.74) is 0.955. The average molecular weight is 363 g/mol. The summed E-state index contributed by atoms with van der Waals surface area (Å²) >= 11 is 3.16. The van der Waals surface area contributed by atoms with Crippen LogP contribution < -0.4 is 0 Å². The predicted octanol–water partition coefficient (Wildman–Crippen LogP) is 4.33.